The summed E-state index contributed by atoms with van der Waals surface area (Å²) in [7, 11) is 0. The van der Waals surface area contributed by atoms with Crippen LogP contribution in [0, 0.1) is 0 Å². The molecule has 2 heterocycles. The number of esters is 1. The van der Waals surface area contributed by atoms with Crippen molar-refractivity contribution >= 4 is 17.5 Å². The molecule has 2 aliphatic rings. The van der Waals surface area contributed by atoms with E-state index < -0.39 is 12.2 Å². The molecule has 1 N–H and O–H groups in total. The first-order valence-corrected chi connectivity index (χ1v) is 5.29. The van der Waals surface area contributed by atoms with E-state index in [9.17, 15) is 9.90 Å². The smallest absolute Gasteiger partial charge is 0.359 e. The number of carbonyl (C=O) groups is 1. The molecule has 0 aliphatic carbocycles. The molecular weight excluding hydrogens is 222 g/mol. The number of rotatable bonds is 2. The summed E-state index contributed by atoms with van der Waals surface area (Å²) >= 11 is 0. The van der Waals surface area contributed by atoms with Gasteiger partial charge in [0.2, 0.25) is 0 Å². The molecule has 0 fully saturated rings. The van der Waals surface area contributed by atoms with Gasteiger partial charge in [-0.05, 0) is 31.6 Å². The number of nitrogens with zero attached hydrogens (tertiary/aromatic N) is 3. The highest BCUT2D eigenvalue weighted by molar-refractivity contribution is 6.39. The second-order valence-corrected chi connectivity index (χ2v) is 3.65. The minimum absolute atomic E-state index is 0.104. The molecule has 17 heavy (non-hydrogen) atoms. The molecule has 6 heteroatoms. The summed E-state index contributed by atoms with van der Waals surface area (Å²) < 4.78 is 4.79. The fourth-order valence-corrected chi connectivity index (χ4v) is 1.53. The van der Waals surface area contributed by atoms with Crippen molar-refractivity contribution < 1.29 is 14.6 Å². The molecule has 0 saturated carbocycles. The Hall–Kier alpha value is -1.95. The number of hydrogen-bond donors (Lipinski definition) is 1. The number of fused-ring (bicyclic) bond motifs is 1. The lowest BCUT2D eigenvalue weighted by Gasteiger charge is -2.30. The van der Waals surface area contributed by atoms with Crippen LogP contribution in [0.1, 0.15) is 13.8 Å². The summed E-state index contributed by atoms with van der Waals surface area (Å²) in [6.07, 6.45) is 4.10. The van der Waals surface area contributed by atoms with Crippen LogP contribution in [-0.2, 0) is 9.53 Å². The Labute approximate surface area is 98.6 Å². The second kappa shape index (κ2) is 4.50. The van der Waals surface area contributed by atoms with Gasteiger partial charge < -0.3 is 9.84 Å². The number of ether oxygens (including phenoxy) is 1. The first-order chi connectivity index (χ1) is 8.13. The first-order valence-electron chi connectivity index (χ1n) is 5.29. The number of hydrogen-bond acceptors (Lipinski definition) is 6. The Bertz CT molecular complexity index is 463. The van der Waals surface area contributed by atoms with Gasteiger partial charge in [0.05, 0.1) is 6.61 Å². The Morgan fingerprint density at radius 1 is 1.59 bits per heavy atom. The van der Waals surface area contributed by atoms with E-state index in [0.29, 0.717) is 5.84 Å². The maximum absolute atomic E-state index is 11.5. The number of allylic oxidation sites excluding steroid dienone is 2. The summed E-state index contributed by atoms with van der Waals surface area (Å²) in [5, 5.41) is 17.6. The lowest BCUT2D eigenvalue weighted by molar-refractivity contribution is -0.135. The van der Waals surface area contributed by atoms with Crippen LogP contribution < -0.4 is 0 Å². The molecular formula is C11H13N3O3. The molecule has 0 aromatic rings. The van der Waals surface area contributed by atoms with Crippen molar-refractivity contribution in [2.75, 3.05) is 6.61 Å². The second-order valence-electron chi connectivity index (χ2n) is 3.65. The number of carbonyl (C=O) groups excluding carboxylic acids is 1. The van der Waals surface area contributed by atoms with Gasteiger partial charge >= 0.3 is 5.97 Å². The van der Waals surface area contributed by atoms with E-state index in [4.69, 9.17) is 4.74 Å². The van der Waals surface area contributed by atoms with Crippen LogP contribution in [0.3, 0.4) is 0 Å². The predicted octanol–water partition coefficient (Wildman–Crippen LogP) is 0.412. The van der Waals surface area contributed by atoms with E-state index in [0.717, 1.165) is 5.57 Å². The van der Waals surface area contributed by atoms with E-state index in [1.165, 1.54) is 4.90 Å². The minimum Gasteiger partial charge on any atom is -0.461 e. The van der Waals surface area contributed by atoms with E-state index in [1.807, 2.05) is 13.0 Å². The zero-order chi connectivity index (χ0) is 12.4. The number of amidine groups is 1. The Kier molecular flexibility index (Phi) is 3.06. The number of aliphatic hydroxyl groups is 1. The van der Waals surface area contributed by atoms with Crippen LogP contribution in [-0.4, -0.2) is 40.4 Å². The summed E-state index contributed by atoms with van der Waals surface area (Å²) in [5.41, 5.74) is 0.898. The fourth-order valence-electron chi connectivity index (χ4n) is 1.53. The average Bonchev–Trinajstić information content (AvgIpc) is 2.29. The normalized spacial score (nSPS) is 22.4. The molecule has 0 bridgehead atoms. The summed E-state index contributed by atoms with van der Waals surface area (Å²) in [6.45, 7) is 3.83. The molecule has 0 aromatic heterocycles. The largest absolute Gasteiger partial charge is 0.461 e. The number of aliphatic hydroxyl groups excluding tert-OH is 1. The van der Waals surface area contributed by atoms with Crippen molar-refractivity contribution in [3.8, 4) is 0 Å². The Balaban J connectivity index is 2.28. The monoisotopic (exact) mass is 235 g/mol. The first kappa shape index (κ1) is 11.5. The van der Waals surface area contributed by atoms with E-state index in [1.54, 1.807) is 19.2 Å². The summed E-state index contributed by atoms with van der Waals surface area (Å²) in [5.74, 6) is -0.145. The molecule has 1 atom stereocenters. The van der Waals surface area contributed by atoms with Crippen molar-refractivity contribution in [1.82, 2.24) is 4.90 Å². The molecule has 90 valence electrons. The zero-order valence-electron chi connectivity index (χ0n) is 9.62. The van der Waals surface area contributed by atoms with Gasteiger partial charge in [-0.3, -0.25) is 4.90 Å². The summed E-state index contributed by atoms with van der Waals surface area (Å²) in [6, 6.07) is 0. The third-order valence-corrected chi connectivity index (χ3v) is 2.37. The van der Waals surface area contributed by atoms with Gasteiger partial charge in [0, 0.05) is 6.20 Å². The van der Waals surface area contributed by atoms with Crippen molar-refractivity contribution in [3.05, 3.63) is 23.9 Å². The van der Waals surface area contributed by atoms with Crippen molar-refractivity contribution in [1.29, 1.82) is 0 Å². The molecule has 0 saturated heterocycles. The molecule has 0 radical (unpaired) electrons. The highest BCUT2D eigenvalue weighted by Gasteiger charge is 2.32. The van der Waals surface area contributed by atoms with E-state index >= 15 is 0 Å². The molecule has 0 amide bonds. The third-order valence-electron chi connectivity index (χ3n) is 2.37. The van der Waals surface area contributed by atoms with Crippen LogP contribution in [0.4, 0.5) is 0 Å². The predicted molar refractivity (Wildman–Crippen MR) is 62.2 cm³/mol. The van der Waals surface area contributed by atoms with Crippen LogP contribution >= 0.6 is 0 Å². The molecule has 2 rings (SSSR count). The van der Waals surface area contributed by atoms with E-state index in [2.05, 4.69) is 10.2 Å². The molecule has 2 aliphatic heterocycles. The molecule has 6 nitrogen and oxygen atoms in total. The maximum Gasteiger partial charge on any atom is 0.359 e. The third kappa shape index (κ3) is 2.12. The van der Waals surface area contributed by atoms with Gasteiger partial charge in [-0.15, -0.1) is 10.2 Å². The summed E-state index contributed by atoms with van der Waals surface area (Å²) in [4.78, 5) is 13.0. The van der Waals surface area contributed by atoms with Gasteiger partial charge in [0.25, 0.3) is 0 Å². The van der Waals surface area contributed by atoms with Gasteiger partial charge in [-0.1, -0.05) is 0 Å². The van der Waals surface area contributed by atoms with Crippen LogP contribution in [0.2, 0.25) is 0 Å². The average molecular weight is 235 g/mol. The maximum atomic E-state index is 11.5. The van der Waals surface area contributed by atoms with Gasteiger partial charge in [-0.2, -0.15) is 0 Å². The quantitative estimate of drug-likeness (QED) is 0.703. The lowest BCUT2D eigenvalue weighted by atomic mass is 10.1. The standard InChI is InChI=1S/C11H13N3O3/c1-3-17-11(16)9-10(15)14-5-4-7(2)6-8(14)12-13-9/h4-6,10,15H,3H2,1-2H3/t10-/m0/s1. The van der Waals surface area contributed by atoms with Crippen LogP contribution in [0.15, 0.2) is 34.1 Å². The van der Waals surface area contributed by atoms with Crippen molar-refractivity contribution in [2.24, 2.45) is 10.2 Å². The highest BCUT2D eigenvalue weighted by Crippen LogP contribution is 2.16. The minimum atomic E-state index is -1.15. The SMILES string of the molecule is CCOC(=O)C1=NN=C2C=C(C)C=CN2[C@H]1O. The Morgan fingerprint density at radius 3 is 3.06 bits per heavy atom. The van der Waals surface area contributed by atoms with Crippen LogP contribution in [0.25, 0.3) is 0 Å². The zero-order valence-corrected chi connectivity index (χ0v) is 9.62. The van der Waals surface area contributed by atoms with E-state index in [-0.39, 0.29) is 12.3 Å². The van der Waals surface area contributed by atoms with Gasteiger partial charge in [-0.25, -0.2) is 4.79 Å². The van der Waals surface area contributed by atoms with Crippen molar-refractivity contribution in [3.63, 3.8) is 0 Å². The topological polar surface area (TPSA) is 74.5 Å². The highest BCUT2D eigenvalue weighted by atomic mass is 16.5. The van der Waals surface area contributed by atoms with Crippen LogP contribution in [0.5, 0.6) is 0 Å². The molecule has 0 spiro atoms. The fraction of sp³-hybridized carbons (Fsp3) is 0.364. The van der Waals surface area contributed by atoms with Gasteiger partial charge in [0.15, 0.2) is 17.8 Å². The Morgan fingerprint density at radius 2 is 2.35 bits per heavy atom. The lowest BCUT2D eigenvalue weighted by Crippen LogP contribution is -2.47. The molecule has 0 unspecified atom stereocenters. The van der Waals surface area contributed by atoms with Gasteiger partial charge in [0.1, 0.15) is 0 Å². The van der Waals surface area contributed by atoms with Crippen molar-refractivity contribution in [2.45, 2.75) is 20.1 Å². The molecule has 0 aromatic carbocycles.